The van der Waals surface area contributed by atoms with Gasteiger partial charge in [-0.3, -0.25) is 4.79 Å². The Hall–Kier alpha value is -3.11. The maximum Gasteiger partial charge on any atom is 0.243 e. The second-order valence-corrected chi connectivity index (χ2v) is 7.84. The number of halogens is 1. The van der Waals surface area contributed by atoms with Crippen LogP contribution in [0, 0.1) is 5.92 Å². The highest BCUT2D eigenvalue weighted by atomic mass is 35.5. The van der Waals surface area contributed by atoms with Gasteiger partial charge in [0, 0.05) is 16.5 Å². The van der Waals surface area contributed by atoms with E-state index in [1.807, 2.05) is 73.7 Å². The van der Waals surface area contributed by atoms with Crippen LogP contribution in [0.4, 0.5) is 0 Å². The minimum absolute atomic E-state index is 0.00420. The Balaban J connectivity index is 1.30. The average molecular weight is 419 g/mol. The number of hydrogen-bond donors (Lipinski definition) is 1. The molecule has 152 valence electrons. The van der Waals surface area contributed by atoms with Gasteiger partial charge in [0.05, 0.1) is 5.71 Å². The molecule has 4 rings (SSSR count). The standard InChI is InChI=1S/C25H23ClN2O2/c1-17(27-28-25(29)23-15-22(23)19-7-3-2-4-8-19)18-11-13-21(14-12-18)30-16-20-9-5-6-10-24(20)26/h2-14,22-23H,15-16H2,1H3,(H,28,29)/b27-17+/t22-,23+/m0/s1. The molecular formula is C25H23ClN2O2. The van der Waals surface area contributed by atoms with E-state index in [0.29, 0.717) is 17.5 Å². The highest BCUT2D eigenvalue weighted by molar-refractivity contribution is 6.31. The maximum atomic E-state index is 12.4. The maximum absolute atomic E-state index is 12.4. The molecule has 3 aromatic carbocycles. The van der Waals surface area contributed by atoms with Crippen molar-refractivity contribution < 1.29 is 9.53 Å². The van der Waals surface area contributed by atoms with Crippen molar-refractivity contribution in [1.82, 2.24) is 5.43 Å². The van der Waals surface area contributed by atoms with Crippen molar-refractivity contribution in [3.05, 3.63) is 101 Å². The summed E-state index contributed by atoms with van der Waals surface area (Å²) >= 11 is 6.16. The van der Waals surface area contributed by atoms with Gasteiger partial charge in [0.25, 0.3) is 0 Å². The largest absolute Gasteiger partial charge is 0.489 e. The van der Waals surface area contributed by atoms with Crippen molar-refractivity contribution in [3.8, 4) is 5.75 Å². The lowest BCUT2D eigenvalue weighted by Gasteiger charge is -2.09. The number of nitrogens with zero attached hydrogens (tertiary/aromatic N) is 1. The summed E-state index contributed by atoms with van der Waals surface area (Å²) in [7, 11) is 0. The Morgan fingerprint density at radius 1 is 1.03 bits per heavy atom. The molecule has 1 saturated carbocycles. The van der Waals surface area contributed by atoms with Crippen molar-refractivity contribution in [3.63, 3.8) is 0 Å². The molecule has 4 nitrogen and oxygen atoms in total. The first kappa shape index (κ1) is 20.2. The van der Waals surface area contributed by atoms with Crippen LogP contribution in [0.5, 0.6) is 5.75 Å². The zero-order valence-corrected chi connectivity index (χ0v) is 17.5. The first-order chi connectivity index (χ1) is 14.6. The third-order valence-electron chi connectivity index (χ3n) is 5.31. The highest BCUT2D eigenvalue weighted by Crippen LogP contribution is 2.47. The Kier molecular flexibility index (Phi) is 6.15. The normalized spacial score (nSPS) is 18.0. The highest BCUT2D eigenvalue weighted by Gasteiger charge is 2.43. The minimum atomic E-state index is -0.0251. The van der Waals surface area contributed by atoms with Crippen LogP contribution in [0.25, 0.3) is 0 Å². The van der Waals surface area contributed by atoms with E-state index in [0.717, 1.165) is 29.0 Å². The number of nitrogens with one attached hydrogen (secondary N) is 1. The molecular weight excluding hydrogens is 396 g/mol. The smallest absolute Gasteiger partial charge is 0.243 e. The van der Waals surface area contributed by atoms with Gasteiger partial charge in [-0.25, -0.2) is 5.43 Å². The molecule has 0 aromatic heterocycles. The molecule has 1 aliphatic rings. The predicted molar refractivity (Wildman–Crippen MR) is 120 cm³/mol. The number of ether oxygens (including phenoxy) is 1. The summed E-state index contributed by atoms with van der Waals surface area (Å²) in [6, 6.07) is 25.4. The van der Waals surface area contributed by atoms with E-state index < -0.39 is 0 Å². The molecule has 0 bridgehead atoms. The van der Waals surface area contributed by atoms with Crippen LogP contribution in [0.3, 0.4) is 0 Å². The quantitative estimate of drug-likeness (QED) is 0.403. The van der Waals surface area contributed by atoms with Crippen LogP contribution in [0.2, 0.25) is 5.02 Å². The second-order valence-electron chi connectivity index (χ2n) is 7.44. The van der Waals surface area contributed by atoms with Crippen LogP contribution >= 0.6 is 11.6 Å². The van der Waals surface area contributed by atoms with E-state index in [1.54, 1.807) is 0 Å². The molecule has 0 saturated heterocycles. The van der Waals surface area contributed by atoms with Crippen LogP contribution in [0.1, 0.15) is 36.0 Å². The van der Waals surface area contributed by atoms with Gasteiger partial charge >= 0.3 is 0 Å². The van der Waals surface area contributed by atoms with Gasteiger partial charge in [-0.1, -0.05) is 60.1 Å². The molecule has 1 aliphatic carbocycles. The lowest BCUT2D eigenvalue weighted by molar-refractivity contribution is -0.122. The Bertz CT molecular complexity index is 1050. The minimum Gasteiger partial charge on any atom is -0.489 e. The van der Waals surface area contributed by atoms with Gasteiger partial charge in [-0.05, 0) is 60.7 Å². The lowest BCUT2D eigenvalue weighted by Crippen LogP contribution is -2.21. The Labute approximate surface area is 181 Å². The zero-order valence-electron chi connectivity index (χ0n) is 16.7. The van der Waals surface area contributed by atoms with Gasteiger partial charge in [-0.15, -0.1) is 0 Å². The average Bonchev–Trinajstić information content (AvgIpc) is 3.59. The van der Waals surface area contributed by atoms with Crippen molar-refractivity contribution in [1.29, 1.82) is 0 Å². The monoisotopic (exact) mass is 418 g/mol. The second kappa shape index (κ2) is 9.14. The Morgan fingerprint density at radius 3 is 2.47 bits per heavy atom. The molecule has 0 aliphatic heterocycles. The van der Waals surface area contributed by atoms with E-state index in [4.69, 9.17) is 16.3 Å². The molecule has 0 unspecified atom stereocenters. The molecule has 2 atom stereocenters. The molecule has 3 aromatic rings. The topological polar surface area (TPSA) is 50.7 Å². The molecule has 0 radical (unpaired) electrons. The van der Waals surface area contributed by atoms with Crippen molar-refractivity contribution in [2.45, 2.75) is 25.9 Å². The van der Waals surface area contributed by atoms with Gasteiger partial charge in [0.1, 0.15) is 12.4 Å². The number of hydrogen-bond acceptors (Lipinski definition) is 3. The van der Waals surface area contributed by atoms with Crippen LogP contribution in [0.15, 0.2) is 84.0 Å². The Morgan fingerprint density at radius 2 is 1.73 bits per heavy atom. The third kappa shape index (κ3) is 4.89. The number of benzene rings is 3. The molecule has 0 spiro atoms. The van der Waals surface area contributed by atoms with E-state index in [2.05, 4.69) is 22.7 Å². The number of carbonyl (C=O) groups is 1. The lowest BCUT2D eigenvalue weighted by atomic mass is 10.1. The van der Waals surface area contributed by atoms with Crippen LogP contribution in [-0.2, 0) is 11.4 Å². The van der Waals surface area contributed by atoms with Gasteiger partial charge in [0.15, 0.2) is 0 Å². The fourth-order valence-electron chi connectivity index (χ4n) is 3.41. The molecule has 30 heavy (non-hydrogen) atoms. The van der Waals surface area contributed by atoms with Crippen molar-refractivity contribution >= 4 is 23.2 Å². The first-order valence-corrected chi connectivity index (χ1v) is 10.4. The first-order valence-electron chi connectivity index (χ1n) is 9.97. The third-order valence-corrected chi connectivity index (χ3v) is 5.68. The summed E-state index contributed by atoms with van der Waals surface area (Å²) in [4.78, 5) is 12.4. The van der Waals surface area contributed by atoms with E-state index in [9.17, 15) is 4.79 Å². The van der Waals surface area contributed by atoms with Gasteiger partial charge in [-0.2, -0.15) is 5.10 Å². The number of rotatable bonds is 7. The molecule has 0 heterocycles. The molecule has 5 heteroatoms. The summed E-state index contributed by atoms with van der Waals surface area (Å²) in [5.41, 5.74) is 6.54. The van der Waals surface area contributed by atoms with Crippen molar-refractivity contribution in [2.24, 2.45) is 11.0 Å². The van der Waals surface area contributed by atoms with Gasteiger partial charge in [0.2, 0.25) is 5.91 Å². The van der Waals surface area contributed by atoms with Gasteiger partial charge < -0.3 is 4.74 Å². The van der Waals surface area contributed by atoms with E-state index in [-0.39, 0.29) is 11.8 Å². The summed E-state index contributed by atoms with van der Waals surface area (Å²) in [6.45, 7) is 2.29. The SMILES string of the molecule is C/C(=N\NC(=O)[C@@H]1C[C@H]1c1ccccc1)c1ccc(OCc2ccccc2Cl)cc1. The van der Waals surface area contributed by atoms with E-state index >= 15 is 0 Å². The van der Waals surface area contributed by atoms with E-state index in [1.165, 1.54) is 5.56 Å². The summed E-state index contributed by atoms with van der Waals surface area (Å²) in [5, 5.41) is 4.97. The number of amides is 1. The molecule has 1 amide bonds. The summed E-state index contributed by atoms with van der Waals surface area (Å²) in [6.07, 6.45) is 0.877. The fraction of sp³-hybridized carbons (Fsp3) is 0.200. The zero-order chi connectivity index (χ0) is 20.9. The van der Waals surface area contributed by atoms with Crippen LogP contribution < -0.4 is 10.2 Å². The molecule has 1 N–H and O–H groups in total. The number of hydrazone groups is 1. The van der Waals surface area contributed by atoms with Crippen LogP contribution in [-0.4, -0.2) is 11.6 Å². The molecule has 1 fully saturated rings. The van der Waals surface area contributed by atoms with Crippen molar-refractivity contribution in [2.75, 3.05) is 0 Å². The number of carbonyl (C=O) groups excluding carboxylic acids is 1. The predicted octanol–water partition coefficient (Wildman–Crippen LogP) is 5.56. The fourth-order valence-corrected chi connectivity index (χ4v) is 3.60. The summed E-state index contributed by atoms with van der Waals surface area (Å²) in [5.74, 6) is 1.03. The summed E-state index contributed by atoms with van der Waals surface area (Å²) < 4.78 is 5.81.